The van der Waals surface area contributed by atoms with Crippen molar-refractivity contribution in [3.8, 4) is 22.9 Å². The van der Waals surface area contributed by atoms with Crippen LogP contribution in [0.5, 0.6) is 11.5 Å². The highest BCUT2D eigenvalue weighted by molar-refractivity contribution is 5.56. The van der Waals surface area contributed by atoms with Crippen LogP contribution in [-0.2, 0) is 4.74 Å². The van der Waals surface area contributed by atoms with Gasteiger partial charge in [-0.1, -0.05) is 64.5 Å². The summed E-state index contributed by atoms with van der Waals surface area (Å²) in [5.74, 6) is 2.23. The van der Waals surface area contributed by atoms with Crippen LogP contribution in [0.3, 0.4) is 0 Å². The van der Waals surface area contributed by atoms with Gasteiger partial charge in [-0.3, -0.25) is 0 Å². The Morgan fingerprint density at radius 3 is 2.09 bits per heavy atom. The zero-order valence-electron chi connectivity index (χ0n) is 21.3. The van der Waals surface area contributed by atoms with E-state index < -0.39 is 0 Å². The van der Waals surface area contributed by atoms with Crippen LogP contribution in [0.2, 0.25) is 0 Å². The van der Waals surface area contributed by atoms with Crippen LogP contribution < -0.4 is 9.47 Å². The van der Waals surface area contributed by atoms with Crippen molar-refractivity contribution in [1.82, 2.24) is 9.97 Å². The molecule has 1 aromatic carbocycles. The normalized spacial score (nSPS) is 11.2. The summed E-state index contributed by atoms with van der Waals surface area (Å²) in [6, 6.07) is 7.91. The second kappa shape index (κ2) is 19.0. The molecule has 0 aliphatic heterocycles. The number of hydrogen-bond acceptors (Lipinski definition) is 5. The lowest BCUT2D eigenvalue weighted by atomic mass is 10.1. The van der Waals surface area contributed by atoms with Gasteiger partial charge in [-0.2, -0.15) is 0 Å². The smallest absolute Gasteiger partial charge is 0.159 e. The molecule has 0 radical (unpaired) electrons. The first-order valence-electron chi connectivity index (χ1n) is 13.2. The van der Waals surface area contributed by atoms with E-state index in [0.717, 1.165) is 50.2 Å². The van der Waals surface area contributed by atoms with E-state index in [0.29, 0.717) is 24.8 Å². The van der Waals surface area contributed by atoms with Gasteiger partial charge in [-0.15, -0.1) is 0 Å². The Bertz CT molecular complexity index is 760. The van der Waals surface area contributed by atoms with Gasteiger partial charge in [-0.05, 0) is 56.4 Å². The predicted octanol–water partition coefficient (Wildman–Crippen LogP) is 7.80. The van der Waals surface area contributed by atoms with Crippen molar-refractivity contribution < 1.29 is 14.2 Å². The molecular formula is C29H44N2O3. The summed E-state index contributed by atoms with van der Waals surface area (Å²) < 4.78 is 17.0. The second-order valence-electron chi connectivity index (χ2n) is 8.63. The first-order chi connectivity index (χ1) is 16.8. The first kappa shape index (κ1) is 27.8. The molecular weight excluding hydrogens is 424 g/mol. The summed E-state index contributed by atoms with van der Waals surface area (Å²) in [5.41, 5.74) is 0.960. The Labute approximate surface area is 207 Å². The third kappa shape index (κ3) is 12.7. The van der Waals surface area contributed by atoms with Crippen molar-refractivity contribution >= 4 is 0 Å². The Kier molecular flexibility index (Phi) is 15.5. The van der Waals surface area contributed by atoms with Gasteiger partial charge < -0.3 is 14.2 Å². The topological polar surface area (TPSA) is 53.5 Å². The fraction of sp³-hybridized carbons (Fsp3) is 0.586. The molecule has 0 saturated carbocycles. The van der Waals surface area contributed by atoms with Gasteiger partial charge >= 0.3 is 0 Å². The highest BCUT2D eigenvalue weighted by Gasteiger charge is 2.03. The summed E-state index contributed by atoms with van der Waals surface area (Å²) >= 11 is 0. The summed E-state index contributed by atoms with van der Waals surface area (Å²) in [6.07, 6.45) is 21.4. The largest absolute Gasteiger partial charge is 0.490 e. The van der Waals surface area contributed by atoms with E-state index in [-0.39, 0.29) is 0 Å². The minimum Gasteiger partial charge on any atom is -0.490 e. The van der Waals surface area contributed by atoms with Crippen molar-refractivity contribution in [3.63, 3.8) is 0 Å². The number of benzene rings is 1. The quantitative estimate of drug-likeness (QED) is 0.146. The number of aromatic nitrogens is 2. The fourth-order valence-corrected chi connectivity index (χ4v) is 3.53. The summed E-state index contributed by atoms with van der Waals surface area (Å²) in [7, 11) is 0. The number of nitrogens with zero attached hydrogens (tertiary/aromatic N) is 2. The zero-order valence-corrected chi connectivity index (χ0v) is 21.3. The molecule has 1 heterocycles. The van der Waals surface area contributed by atoms with E-state index >= 15 is 0 Å². The molecule has 0 aliphatic carbocycles. The molecule has 34 heavy (non-hydrogen) atoms. The van der Waals surface area contributed by atoms with E-state index in [1.807, 2.05) is 24.3 Å². The second-order valence-corrected chi connectivity index (χ2v) is 8.63. The summed E-state index contributed by atoms with van der Waals surface area (Å²) in [5, 5.41) is 0. The first-order valence-corrected chi connectivity index (χ1v) is 13.2. The van der Waals surface area contributed by atoms with E-state index in [9.17, 15) is 0 Å². The predicted molar refractivity (Wildman–Crippen MR) is 141 cm³/mol. The number of unbranched alkanes of at least 4 members (excludes halogenated alkanes) is 8. The standard InChI is InChI=1S/C29H44N2O3/c1-3-5-6-7-8-9-10-11-12-13-22-33-27-18-16-26(17-19-27)29-30-24-28(25-31-29)34-23-15-14-21-32-20-4-2/h12-13,16-19,24-25H,3-11,14-15,20-23H2,1-2H3. The molecule has 0 fully saturated rings. The molecule has 0 bridgehead atoms. The van der Waals surface area contributed by atoms with E-state index in [1.54, 1.807) is 12.4 Å². The minimum atomic E-state index is 0.600. The van der Waals surface area contributed by atoms with Crippen molar-refractivity contribution in [2.45, 2.75) is 84.5 Å². The van der Waals surface area contributed by atoms with Crippen molar-refractivity contribution in [2.75, 3.05) is 26.4 Å². The lowest BCUT2D eigenvalue weighted by Gasteiger charge is -2.07. The van der Waals surface area contributed by atoms with Gasteiger partial charge in [0.2, 0.25) is 0 Å². The number of allylic oxidation sites excluding steroid dienone is 1. The van der Waals surface area contributed by atoms with E-state index in [4.69, 9.17) is 14.2 Å². The molecule has 0 aliphatic rings. The molecule has 2 rings (SSSR count). The van der Waals surface area contributed by atoms with E-state index in [1.165, 1.54) is 44.9 Å². The van der Waals surface area contributed by atoms with Gasteiger partial charge in [0, 0.05) is 18.8 Å². The molecule has 5 nitrogen and oxygen atoms in total. The summed E-state index contributed by atoms with van der Waals surface area (Å²) in [4.78, 5) is 8.87. The molecule has 0 spiro atoms. The van der Waals surface area contributed by atoms with Crippen molar-refractivity contribution in [1.29, 1.82) is 0 Å². The molecule has 1 aromatic heterocycles. The van der Waals surface area contributed by atoms with Crippen LogP contribution in [0.4, 0.5) is 0 Å². The van der Waals surface area contributed by atoms with Gasteiger partial charge in [0.05, 0.1) is 19.0 Å². The molecule has 5 heteroatoms. The lowest BCUT2D eigenvalue weighted by Crippen LogP contribution is -2.02. The zero-order chi connectivity index (χ0) is 24.1. The molecule has 0 saturated heterocycles. The highest BCUT2D eigenvalue weighted by atomic mass is 16.5. The molecule has 0 unspecified atom stereocenters. The molecule has 0 N–H and O–H groups in total. The van der Waals surface area contributed by atoms with Crippen molar-refractivity contribution in [2.24, 2.45) is 0 Å². The Morgan fingerprint density at radius 1 is 0.647 bits per heavy atom. The Hall–Kier alpha value is -2.40. The van der Waals surface area contributed by atoms with Gasteiger partial charge in [-0.25, -0.2) is 9.97 Å². The third-order valence-corrected chi connectivity index (χ3v) is 5.53. The van der Waals surface area contributed by atoms with Crippen LogP contribution in [0.25, 0.3) is 11.4 Å². The monoisotopic (exact) mass is 468 g/mol. The third-order valence-electron chi connectivity index (χ3n) is 5.53. The lowest BCUT2D eigenvalue weighted by molar-refractivity contribution is 0.127. The maximum absolute atomic E-state index is 5.82. The van der Waals surface area contributed by atoms with Gasteiger partial charge in [0.25, 0.3) is 0 Å². The average molecular weight is 469 g/mol. The van der Waals surface area contributed by atoms with Crippen LogP contribution in [0.1, 0.15) is 84.5 Å². The maximum atomic E-state index is 5.82. The number of rotatable bonds is 20. The highest BCUT2D eigenvalue weighted by Crippen LogP contribution is 2.20. The van der Waals surface area contributed by atoms with E-state index in [2.05, 4.69) is 36.0 Å². The minimum absolute atomic E-state index is 0.600. The maximum Gasteiger partial charge on any atom is 0.159 e. The van der Waals surface area contributed by atoms with Crippen LogP contribution in [0.15, 0.2) is 48.8 Å². The van der Waals surface area contributed by atoms with Crippen LogP contribution in [-0.4, -0.2) is 36.4 Å². The molecule has 0 amide bonds. The molecule has 0 atom stereocenters. The average Bonchev–Trinajstić information content (AvgIpc) is 2.87. The number of hydrogen-bond donors (Lipinski definition) is 0. The molecule has 188 valence electrons. The molecule has 2 aromatic rings. The van der Waals surface area contributed by atoms with Gasteiger partial charge in [0.15, 0.2) is 11.6 Å². The summed E-state index contributed by atoms with van der Waals surface area (Å²) in [6.45, 7) is 7.26. The Balaban J connectivity index is 1.60. The van der Waals surface area contributed by atoms with Gasteiger partial charge in [0.1, 0.15) is 12.4 Å². The van der Waals surface area contributed by atoms with Crippen LogP contribution >= 0.6 is 0 Å². The fourth-order valence-electron chi connectivity index (χ4n) is 3.53. The van der Waals surface area contributed by atoms with Crippen molar-refractivity contribution in [3.05, 3.63) is 48.8 Å². The SMILES string of the molecule is CCCCCCCCCC=CCOc1ccc(-c2ncc(OCCCCOCCC)cn2)cc1. The Morgan fingerprint density at radius 2 is 1.35 bits per heavy atom. The number of ether oxygens (including phenoxy) is 3. The van der Waals surface area contributed by atoms with Crippen LogP contribution in [0, 0.1) is 0 Å².